The fourth-order valence-electron chi connectivity index (χ4n) is 2.55. The molecule has 0 aliphatic carbocycles. The summed E-state index contributed by atoms with van der Waals surface area (Å²) in [6.07, 6.45) is 6.95. The highest BCUT2D eigenvalue weighted by Crippen LogP contribution is 2.18. The number of nitrogens with zero attached hydrogens (tertiary/aromatic N) is 6. The number of aryl methyl sites for hydroxylation is 1. The Morgan fingerprint density at radius 1 is 1.22 bits per heavy atom. The van der Waals surface area contributed by atoms with Gasteiger partial charge in [-0.3, -0.25) is 14.3 Å². The molecule has 0 unspecified atom stereocenters. The van der Waals surface area contributed by atoms with Gasteiger partial charge < -0.3 is 0 Å². The number of pyridine rings is 2. The Balaban J connectivity index is 2.10. The van der Waals surface area contributed by atoms with E-state index in [2.05, 4.69) is 20.1 Å². The standard InChI is InChI=1S/C15H12N6OS/c1-9-12-11(21-14(17-9)18-15(19-21)23-2)5-7-20(13(12)22)10-4-3-6-16-8-10/h3-8H,1-2H3. The smallest absolute Gasteiger partial charge is 0.266 e. The maximum Gasteiger partial charge on any atom is 0.266 e. The summed E-state index contributed by atoms with van der Waals surface area (Å²) in [6, 6.07) is 5.48. The van der Waals surface area contributed by atoms with Crippen LogP contribution in [-0.2, 0) is 0 Å². The van der Waals surface area contributed by atoms with Gasteiger partial charge in [0.05, 0.1) is 28.5 Å². The van der Waals surface area contributed by atoms with E-state index >= 15 is 0 Å². The van der Waals surface area contributed by atoms with Gasteiger partial charge in [-0.05, 0) is 31.4 Å². The van der Waals surface area contributed by atoms with Crippen molar-refractivity contribution in [3.63, 3.8) is 0 Å². The molecular formula is C15H12N6OS. The lowest BCUT2D eigenvalue weighted by atomic mass is 10.2. The van der Waals surface area contributed by atoms with Crippen LogP contribution in [0.25, 0.3) is 22.4 Å². The van der Waals surface area contributed by atoms with E-state index in [-0.39, 0.29) is 5.56 Å². The van der Waals surface area contributed by atoms with E-state index in [1.807, 2.05) is 25.3 Å². The van der Waals surface area contributed by atoms with E-state index in [0.717, 1.165) is 0 Å². The molecule has 0 radical (unpaired) electrons. The highest BCUT2D eigenvalue weighted by atomic mass is 32.2. The first-order valence-electron chi connectivity index (χ1n) is 6.92. The van der Waals surface area contributed by atoms with E-state index in [0.29, 0.717) is 33.2 Å². The molecule has 0 saturated carbocycles. The lowest BCUT2D eigenvalue weighted by molar-refractivity contribution is 0.900. The Hall–Kier alpha value is -2.74. The molecule has 7 nitrogen and oxygen atoms in total. The molecule has 8 heteroatoms. The minimum atomic E-state index is -0.149. The number of fused-ring (bicyclic) bond motifs is 3. The number of rotatable bonds is 2. The van der Waals surface area contributed by atoms with Crippen LogP contribution in [0.2, 0.25) is 0 Å². The Bertz CT molecular complexity index is 1090. The summed E-state index contributed by atoms with van der Waals surface area (Å²) in [6.45, 7) is 1.81. The molecule has 23 heavy (non-hydrogen) atoms. The Morgan fingerprint density at radius 3 is 2.83 bits per heavy atom. The molecule has 0 amide bonds. The van der Waals surface area contributed by atoms with Gasteiger partial charge in [0.1, 0.15) is 0 Å². The summed E-state index contributed by atoms with van der Waals surface area (Å²) in [4.78, 5) is 25.7. The van der Waals surface area contributed by atoms with Crippen LogP contribution >= 0.6 is 11.8 Å². The Kier molecular flexibility index (Phi) is 3.12. The van der Waals surface area contributed by atoms with Gasteiger partial charge in [-0.1, -0.05) is 11.8 Å². The van der Waals surface area contributed by atoms with Gasteiger partial charge in [-0.15, -0.1) is 5.10 Å². The molecule has 4 aromatic heterocycles. The van der Waals surface area contributed by atoms with E-state index in [1.54, 1.807) is 33.7 Å². The first kappa shape index (κ1) is 13.9. The lowest BCUT2D eigenvalue weighted by Crippen LogP contribution is -2.20. The predicted molar refractivity (Wildman–Crippen MR) is 88.2 cm³/mol. The summed E-state index contributed by atoms with van der Waals surface area (Å²) in [7, 11) is 0. The van der Waals surface area contributed by atoms with Gasteiger partial charge >= 0.3 is 0 Å². The molecular weight excluding hydrogens is 312 g/mol. The van der Waals surface area contributed by atoms with Gasteiger partial charge in [0.2, 0.25) is 5.16 Å². The maximum atomic E-state index is 12.9. The maximum absolute atomic E-state index is 12.9. The zero-order chi connectivity index (χ0) is 16.0. The molecule has 0 N–H and O–H groups in total. The number of hydrogen-bond acceptors (Lipinski definition) is 6. The number of thioether (sulfide) groups is 1. The van der Waals surface area contributed by atoms with E-state index in [9.17, 15) is 4.79 Å². The monoisotopic (exact) mass is 324 g/mol. The summed E-state index contributed by atoms with van der Waals surface area (Å²) < 4.78 is 3.17. The molecule has 0 saturated heterocycles. The molecule has 114 valence electrons. The van der Waals surface area contributed by atoms with Crippen molar-refractivity contribution in [1.29, 1.82) is 0 Å². The van der Waals surface area contributed by atoms with Crippen molar-refractivity contribution < 1.29 is 0 Å². The fraction of sp³-hybridized carbons (Fsp3) is 0.133. The van der Waals surface area contributed by atoms with Gasteiger partial charge in [0.25, 0.3) is 11.3 Å². The van der Waals surface area contributed by atoms with E-state index < -0.39 is 0 Å². The Morgan fingerprint density at radius 2 is 2.09 bits per heavy atom. The number of aromatic nitrogens is 6. The van der Waals surface area contributed by atoms with E-state index in [4.69, 9.17) is 0 Å². The predicted octanol–water partition coefficient (Wildman–Crippen LogP) is 1.85. The zero-order valence-corrected chi connectivity index (χ0v) is 13.3. The highest BCUT2D eigenvalue weighted by Gasteiger charge is 2.14. The molecule has 0 aliphatic rings. The minimum absolute atomic E-state index is 0.149. The quantitative estimate of drug-likeness (QED) is 0.524. The third kappa shape index (κ3) is 2.10. The molecule has 0 aliphatic heterocycles. The van der Waals surface area contributed by atoms with Gasteiger partial charge in [-0.25, -0.2) is 4.98 Å². The van der Waals surface area contributed by atoms with Crippen LogP contribution in [0, 0.1) is 6.92 Å². The summed E-state index contributed by atoms with van der Waals surface area (Å²) in [5.41, 5.74) is 1.90. The van der Waals surface area contributed by atoms with Gasteiger partial charge in [-0.2, -0.15) is 9.50 Å². The van der Waals surface area contributed by atoms with Crippen molar-refractivity contribution in [2.24, 2.45) is 0 Å². The van der Waals surface area contributed by atoms with Crippen LogP contribution in [0.3, 0.4) is 0 Å². The second-order valence-corrected chi connectivity index (χ2v) is 5.74. The van der Waals surface area contributed by atoms with Gasteiger partial charge in [0, 0.05) is 12.4 Å². The molecule has 4 rings (SSSR count). The Labute approximate surface area is 135 Å². The van der Waals surface area contributed by atoms with Crippen LogP contribution in [0.1, 0.15) is 5.69 Å². The van der Waals surface area contributed by atoms with Crippen LogP contribution in [0.5, 0.6) is 0 Å². The first-order valence-corrected chi connectivity index (χ1v) is 8.14. The van der Waals surface area contributed by atoms with Crippen molar-refractivity contribution in [2.45, 2.75) is 12.1 Å². The van der Waals surface area contributed by atoms with Crippen molar-refractivity contribution in [2.75, 3.05) is 6.26 Å². The molecule has 0 aromatic carbocycles. The van der Waals surface area contributed by atoms with Crippen molar-refractivity contribution in [3.05, 3.63) is 52.8 Å². The van der Waals surface area contributed by atoms with E-state index in [1.165, 1.54) is 11.8 Å². The lowest BCUT2D eigenvalue weighted by Gasteiger charge is -2.08. The molecule has 0 atom stereocenters. The minimum Gasteiger partial charge on any atom is -0.282 e. The van der Waals surface area contributed by atoms with Crippen LogP contribution in [-0.4, -0.2) is 35.4 Å². The third-order valence-electron chi connectivity index (χ3n) is 3.61. The highest BCUT2D eigenvalue weighted by molar-refractivity contribution is 7.98. The summed E-state index contributed by atoms with van der Waals surface area (Å²) in [5.74, 6) is 0.498. The molecule has 4 heterocycles. The normalized spacial score (nSPS) is 11.4. The SMILES string of the molecule is CSc1nc2nc(C)c3c(=O)n(-c4cccnc4)ccc3n2n1. The number of hydrogen-bond donors (Lipinski definition) is 0. The largest absolute Gasteiger partial charge is 0.282 e. The second-order valence-electron chi connectivity index (χ2n) is 4.97. The first-order chi connectivity index (χ1) is 11.2. The molecule has 0 bridgehead atoms. The van der Waals surface area contributed by atoms with Crippen LogP contribution in [0.4, 0.5) is 0 Å². The average molecular weight is 324 g/mol. The third-order valence-corrected chi connectivity index (χ3v) is 4.14. The zero-order valence-electron chi connectivity index (χ0n) is 12.5. The average Bonchev–Trinajstić information content (AvgIpc) is 2.99. The summed E-state index contributed by atoms with van der Waals surface area (Å²) in [5, 5.41) is 5.54. The molecule has 0 fully saturated rings. The molecule has 0 spiro atoms. The van der Waals surface area contributed by atoms with Crippen LogP contribution < -0.4 is 5.56 Å². The second kappa shape index (κ2) is 5.17. The van der Waals surface area contributed by atoms with Gasteiger partial charge in [0.15, 0.2) is 0 Å². The fourth-order valence-corrected chi connectivity index (χ4v) is 2.89. The molecule has 4 aromatic rings. The van der Waals surface area contributed by atoms with Crippen molar-refractivity contribution in [3.8, 4) is 5.69 Å². The van der Waals surface area contributed by atoms with Crippen molar-refractivity contribution in [1.82, 2.24) is 29.1 Å². The summed E-state index contributed by atoms with van der Waals surface area (Å²) >= 11 is 1.44. The van der Waals surface area contributed by atoms with Crippen LogP contribution in [0.15, 0.2) is 46.7 Å². The van der Waals surface area contributed by atoms with Crippen molar-refractivity contribution >= 4 is 28.4 Å². The topological polar surface area (TPSA) is 78.0 Å².